The SMILES string of the molecule is O=C(Nc1ccc(Cl)c(C(F)(F)F)c1)C1CCCN1C(=O)c1ccco1. The number of carbonyl (C=O) groups excluding carboxylic acids is 2. The van der Waals surface area contributed by atoms with Crippen molar-refractivity contribution >= 4 is 29.1 Å². The largest absolute Gasteiger partial charge is 0.459 e. The summed E-state index contributed by atoms with van der Waals surface area (Å²) in [4.78, 5) is 26.2. The summed E-state index contributed by atoms with van der Waals surface area (Å²) in [5, 5.41) is 1.98. The standard InChI is InChI=1S/C17H14ClF3N2O3/c18-12-6-5-10(9-11(12)17(19,20)21)22-15(24)13-3-1-7-23(13)16(25)14-4-2-8-26-14/h2,4-6,8-9,13H,1,3,7H2,(H,22,24). The third kappa shape index (κ3) is 3.70. The van der Waals surface area contributed by atoms with Crippen molar-refractivity contribution in [2.75, 3.05) is 11.9 Å². The molecule has 5 nitrogen and oxygen atoms in total. The maximum atomic E-state index is 12.9. The zero-order valence-corrected chi connectivity index (χ0v) is 14.1. The van der Waals surface area contributed by atoms with E-state index < -0.39 is 34.6 Å². The summed E-state index contributed by atoms with van der Waals surface area (Å²) in [6, 6.07) is 5.39. The Kier molecular flexibility index (Phi) is 4.95. The lowest BCUT2D eigenvalue weighted by atomic mass is 10.1. The lowest BCUT2D eigenvalue weighted by Crippen LogP contribution is -2.43. The maximum Gasteiger partial charge on any atom is 0.417 e. The number of anilines is 1. The number of nitrogens with one attached hydrogen (secondary N) is 1. The van der Waals surface area contributed by atoms with Gasteiger partial charge in [-0.05, 0) is 43.2 Å². The number of likely N-dealkylation sites (tertiary alicyclic amines) is 1. The Morgan fingerprint density at radius 1 is 1.27 bits per heavy atom. The van der Waals surface area contributed by atoms with Crippen LogP contribution in [-0.2, 0) is 11.0 Å². The van der Waals surface area contributed by atoms with Crippen LogP contribution in [0.25, 0.3) is 0 Å². The molecule has 1 fully saturated rings. The predicted octanol–water partition coefficient (Wildman–Crippen LogP) is 4.20. The fraction of sp³-hybridized carbons (Fsp3) is 0.294. The van der Waals surface area contributed by atoms with Crippen molar-refractivity contribution in [2.24, 2.45) is 0 Å². The molecule has 1 atom stereocenters. The van der Waals surface area contributed by atoms with Crippen LogP contribution in [0, 0.1) is 0 Å². The van der Waals surface area contributed by atoms with E-state index in [1.165, 1.54) is 23.3 Å². The number of alkyl halides is 3. The Morgan fingerprint density at radius 3 is 2.69 bits per heavy atom. The van der Waals surface area contributed by atoms with E-state index in [4.69, 9.17) is 16.0 Å². The number of carbonyl (C=O) groups is 2. The van der Waals surface area contributed by atoms with Crippen molar-refractivity contribution in [2.45, 2.75) is 25.1 Å². The highest BCUT2D eigenvalue weighted by atomic mass is 35.5. The van der Waals surface area contributed by atoms with Gasteiger partial charge in [-0.2, -0.15) is 13.2 Å². The fourth-order valence-electron chi connectivity index (χ4n) is 2.87. The molecule has 1 aliphatic heterocycles. The summed E-state index contributed by atoms with van der Waals surface area (Å²) in [7, 11) is 0. The molecular formula is C17H14ClF3N2O3. The summed E-state index contributed by atoms with van der Waals surface area (Å²) < 4.78 is 43.9. The van der Waals surface area contributed by atoms with Crippen molar-refractivity contribution in [3.05, 3.63) is 52.9 Å². The monoisotopic (exact) mass is 386 g/mol. The van der Waals surface area contributed by atoms with Crippen LogP contribution in [0.2, 0.25) is 5.02 Å². The summed E-state index contributed by atoms with van der Waals surface area (Å²) in [5.41, 5.74) is -1.07. The molecule has 138 valence electrons. The average molecular weight is 387 g/mol. The van der Waals surface area contributed by atoms with Gasteiger partial charge < -0.3 is 14.6 Å². The number of hydrogen-bond donors (Lipinski definition) is 1. The second-order valence-electron chi connectivity index (χ2n) is 5.82. The Hall–Kier alpha value is -2.48. The van der Waals surface area contributed by atoms with Crippen molar-refractivity contribution in [3.63, 3.8) is 0 Å². The van der Waals surface area contributed by atoms with Gasteiger partial charge in [-0.3, -0.25) is 9.59 Å². The van der Waals surface area contributed by atoms with Gasteiger partial charge in [-0.15, -0.1) is 0 Å². The van der Waals surface area contributed by atoms with Crippen LogP contribution < -0.4 is 5.32 Å². The Balaban J connectivity index is 1.76. The highest BCUT2D eigenvalue weighted by Gasteiger charge is 2.36. The molecule has 9 heteroatoms. The zero-order chi connectivity index (χ0) is 18.9. The van der Waals surface area contributed by atoms with Gasteiger partial charge in [-0.1, -0.05) is 11.6 Å². The van der Waals surface area contributed by atoms with E-state index in [2.05, 4.69) is 5.32 Å². The number of nitrogens with zero attached hydrogens (tertiary/aromatic N) is 1. The Labute approximate surface area is 151 Å². The zero-order valence-electron chi connectivity index (χ0n) is 13.3. The van der Waals surface area contributed by atoms with E-state index in [0.29, 0.717) is 19.4 Å². The molecule has 1 N–H and O–H groups in total. The van der Waals surface area contributed by atoms with Crippen LogP contribution in [-0.4, -0.2) is 29.3 Å². The molecule has 26 heavy (non-hydrogen) atoms. The van der Waals surface area contributed by atoms with Crippen LogP contribution in [0.5, 0.6) is 0 Å². The van der Waals surface area contributed by atoms with Gasteiger partial charge >= 0.3 is 6.18 Å². The molecule has 0 bridgehead atoms. The lowest BCUT2D eigenvalue weighted by Gasteiger charge is -2.23. The summed E-state index contributed by atoms with van der Waals surface area (Å²) in [6.07, 6.45) is -2.26. The van der Waals surface area contributed by atoms with Gasteiger partial charge in [0, 0.05) is 12.2 Å². The molecule has 3 rings (SSSR count). The van der Waals surface area contributed by atoms with Crippen LogP contribution in [0.4, 0.5) is 18.9 Å². The van der Waals surface area contributed by atoms with Gasteiger partial charge in [0.1, 0.15) is 6.04 Å². The van der Waals surface area contributed by atoms with E-state index in [0.717, 1.165) is 12.1 Å². The van der Waals surface area contributed by atoms with Gasteiger partial charge in [0.05, 0.1) is 16.8 Å². The van der Waals surface area contributed by atoms with Crippen molar-refractivity contribution in [1.29, 1.82) is 0 Å². The number of hydrogen-bond acceptors (Lipinski definition) is 3. The number of amides is 2. The summed E-state index contributed by atoms with van der Waals surface area (Å²) >= 11 is 5.57. The Morgan fingerprint density at radius 2 is 2.04 bits per heavy atom. The topological polar surface area (TPSA) is 62.6 Å². The van der Waals surface area contributed by atoms with E-state index in [9.17, 15) is 22.8 Å². The molecule has 2 heterocycles. The first-order chi connectivity index (χ1) is 12.3. The minimum Gasteiger partial charge on any atom is -0.459 e. The van der Waals surface area contributed by atoms with E-state index >= 15 is 0 Å². The second kappa shape index (κ2) is 7.03. The molecule has 2 amide bonds. The highest BCUT2D eigenvalue weighted by Crippen LogP contribution is 2.36. The molecule has 1 unspecified atom stereocenters. The first-order valence-corrected chi connectivity index (χ1v) is 8.17. The number of furan rings is 1. The second-order valence-corrected chi connectivity index (χ2v) is 6.22. The highest BCUT2D eigenvalue weighted by molar-refractivity contribution is 6.31. The van der Waals surface area contributed by atoms with Gasteiger partial charge in [0.15, 0.2) is 5.76 Å². The molecule has 0 spiro atoms. The molecule has 1 aromatic carbocycles. The molecular weight excluding hydrogens is 373 g/mol. The van der Waals surface area contributed by atoms with Gasteiger partial charge in [0.25, 0.3) is 5.91 Å². The predicted molar refractivity (Wildman–Crippen MR) is 87.9 cm³/mol. The van der Waals surface area contributed by atoms with E-state index in [1.54, 1.807) is 6.07 Å². The van der Waals surface area contributed by atoms with Crippen LogP contribution in [0.15, 0.2) is 41.0 Å². The molecule has 0 radical (unpaired) electrons. The molecule has 1 aliphatic rings. The molecule has 0 aliphatic carbocycles. The normalized spacial score (nSPS) is 17.4. The number of benzene rings is 1. The van der Waals surface area contributed by atoms with Crippen molar-refractivity contribution < 1.29 is 27.2 Å². The number of rotatable bonds is 3. The lowest BCUT2D eigenvalue weighted by molar-refractivity contribution is -0.137. The van der Waals surface area contributed by atoms with E-state index in [-0.39, 0.29) is 11.4 Å². The maximum absolute atomic E-state index is 12.9. The minimum absolute atomic E-state index is 0.0379. The summed E-state index contributed by atoms with van der Waals surface area (Å²) in [5.74, 6) is -0.881. The third-order valence-electron chi connectivity index (χ3n) is 4.09. The molecule has 0 saturated carbocycles. The minimum atomic E-state index is -4.63. The Bertz CT molecular complexity index is 821. The smallest absolute Gasteiger partial charge is 0.417 e. The molecule has 1 aromatic heterocycles. The van der Waals surface area contributed by atoms with E-state index in [1.807, 2.05) is 0 Å². The molecule has 1 saturated heterocycles. The van der Waals surface area contributed by atoms with Crippen LogP contribution >= 0.6 is 11.6 Å². The van der Waals surface area contributed by atoms with Crippen LogP contribution in [0.1, 0.15) is 29.0 Å². The van der Waals surface area contributed by atoms with Gasteiger partial charge in [-0.25, -0.2) is 0 Å². The van der Waals surface area contributed by atoms with Crippen molar-refractivity contribution in [3.8, 4) is 0 Å². The third-order valence-corrected chi connectivity index (χ3v) is 4.42. The first kappa shape index (κ1) is 18.3. The number of halogens is 4. The quantitative estimate of drug-likeness (QED) is 0.860. The van der Waals surface area contributed by atoms with Gasteiger partial charge in [0.2, 0.25) is 5.91 Å². The molecule has 2 aromatic rings. The van der Waals surface area contributed by atoms with Crippen molar-refractivity contribution in [1.82, 2.24) is 4.90 Å². The summed E-state index contributed by atoms with van der Waals surface area (Å²) in [6.45, 7) is 0.367. The van der Waals surface area contributed by atoms with Crippen LogP contribution in [0.3, 0.4) is 0 Å². The average Bonchev–Trinajstić information content (AvgIpc) is 3.26. The fourth-order valence-corrected chi connectivity index (χ4v) is 3.09. The first-order valence-electron chi connectivity index (χ1n) is 7.79.